The number of benzene rings is 3. The largest absolute Gasteiger partial charge is 0.483 e. The SMILES string of the molecule is CC(C)(C)c1cc(-c2nc3ccc(-c4nc5ccc(N6CCN([13CH3])CC6)cc5[nH]4)cc3[nH]2)cc(C(C)(C)C)c1OCC(=O)NCCOCCOCCOCCOCCOCCOCCOCCN. The van der Waals surface area contributed by atoms with E-state index in [2.05, 4.69) is 116 Å². The molecule has 1 amide bonds. The Hall–Kier alpha value is -4.69. The van der Waals surface area contributed by atoms with E-state index in [0.29, 0.717) is 106 Å². The van der Waals surface area contributed by atoms with Gasteiger partial charge in [0.15, 0.2) is 6.61 Å². The molecule has 1 fully saturated rings. The summed E-state index contributed by atoms with van der Waals surface area (Å²) in [6.07, 6.45) is 0. The number of likely N-dealkylation sites (N-methyl/N-ethyl adjacent to an activating group) is 1. The highest BCUT2D eigenvalue weighted by atomic mass is 16.6. The van der Waals surface area contributed by atoms with E-state index in [1.807, 2.05) is 6.07 Å². The molecule has 5 aromatic rings. The van der Waals surface area contributed by atoms with Crippen molar-refractivity contribution in [2.24, 2.45) is 5.73 Å². The number of fused-ring (bicyclic) bond motifs is 2. The first-order valence-electron chi connectivity index (χ1n) is 24.1. The van der Waals surface area contributed by atoms with Crippen LogP contribution in [0.1, 0.15) is 52.7 Å². The minimum atomic E-state index is -0.295. The molecule has 0 atom stereocenters. The first-order chi connectivity index (χ1) is 32.8. The smallest absolute Gasteiger partial charge is 0.258 e. The molecule has 3 aromatic carbocycles. The van der Waals surface area contributed by atoms with Gasteiger partial charge < -0.3 is 68.7 Å². The van der Waals surface area contributed by atoms with Crippen LogP contribution >= 0.6 is 0 Å². The minimum absolute atomic E-state index is 0.123. The molecule has 0 aliphatic carbocycles. The van der Waals surface area contributed by atoms with E-state index in [0.717, 1.165) is 87.9 Å². The van der Waals surface area contributed by atoms with Gasteiger partial charge in [0, 0.05) is 67.2 Å². The Morgan fingerprint density at radius 3 is 1.56 bits per heavy atom. The zero-order chi connectivity index (χ0) is 48.4. The summed E-state index contributed by atoms with van der Waals surface area (Å²) in [6, 6.07) is 17.0. The van der Waals surface area contributed by atoms with Crippen molar-refractivity contribution in [3.05, 3.63) is 59.7 Å². The molecule has 0 unspecified atom stereocenters. The van der Waals surface area contributed by atoms with Crippen molar-refractivity contribution >= 4 is 33.7 Å². The number of nitrogens with two attached hydrogens (primary N) is 1. The van der Waals surface area contributed by atoms with Crippen LogP contribution in [0, 0.1) is 0 Å². The highest BCUT2D eigenvalue weighted by Crippen LogP contribution is 2.43. The number of anilines is 1. The number of ether oxygens (including phenoxy) is 8. The zero-order valence-electron chi connectivity index (χ0n) is 41.5. The second-order valence-corrected chi connectivity index (χ2v) is 19.0. The Balaban J connectivity index is 0.919. The Morgan fingerprint density at radius 1 is 0.603 bits per heavy atom. The molecular weight excluding hydrogens is 870 g/mol. The average Bonchev–Trinajstić information content (AvgIpc) is 3.95. The summed E-state index contributed by atoms with van der Waals surface area (Å²) >= 11 is 0. The number of hydrogen-bond donors (Lipinski definition) is 4. The number of hydrogen-bond acceptors (Lipinski definition) is 14. The fourth-order valence-corrected chi connectivity index (χ4v) is 7.68. The minimum Gasteiger partial charge on any atom is -0.483 e. The first kappa shape index (κ1) is 52.7. The van der Waals surface area contributed by atoms with Crippen LogP contribution in [-0.4, -0.2) is 176 Å². The monoisotopic (exact) mass is 946 g/mol. The van der Waals surface area contributed by atoms with E-state index in [9.17, 15) is 4.79 Å². The molecule has 0 saturated carbocycles. The highest BCUT2D eigenvalue weighted by molar-refractivity contribution is 5.87. The van der Waals surface area contributed by atoms with Crippen molar-refractivity contribution in [3.8, 4) is 28.5 Å². The number of nitrogens with zero attached hydrogens (tertiary/aromatic N) is 4. The van der Waals surface area contributed by atoms with Gasteiger partial charge in [-0.2, -0.15) is 0 Å². The Bertz CT molecular complexity index is 2260. The second-order valence-electron chi connectivity index (χ2n) is 19.0. The second kappa shape index (κ2) is 26.3. The van der Waals surface area contributed by atoms with Crippen LogP contribution in [0.15, 0.2) is 48.5 Å². The van der Waals surface area contributed by atoms with E-state index in [1.54, 1.807) is 0 Å². The van der Waals surface area contributed by atoms with Gasteiger partial charge >= 0.3 is 0 Å². The molecule has 68 heavy (non-hydrogen) atoms. The van der Waals surface area contributed by atoms with Crippen LogP contribution < -0.4 is 20.7 Å². The first-order valence-corrected chi connectivity index (χ1v) is 24.1. The number of amides is 1. The molecule has 1 aliphatic heterocycles. The molecule has 5 N–H and O–H groups in total. The quantitative estimate of drug-likeness (QED) is 0.0338. The Morgan fingerprint density at radius 2 is 1.06 bits per heavy atom. The van der Waals surface area contributed by atoms with Crippen molar-refractivity contribution in [1.29, 1.82) is 0 Å². The Labute approximate surface area is 402 Å². The molecule has 17 nitrogen and oxygen atoms in total. The third-order valence-corrected chi connectivity index (χ3v) is 11.5. The van der Waals surface area contributed by atoms with Crippen LogP contribution in [0.4, 0.5) is 5.69 Å². The zero-order valence-corrected chi connectivity index (χ0v) is 41.5. The van der Waals surface area contributed by atoms with Gasteiger partial charge in [-0.25, -0.2) is 9.97 Å². The molecule has 2 aromatic heterocycles. The van der Waals surface area contributed by atoms with Crippen molar-refractivity contribution < 1.29 is 42.7 Å². The summed E-state index contributed by atoms with van der Waals surface area (Å²) in [5.41, 5.74) is 13.7. The number of rotatable bonds is 29. The summed E-state index contributed by atoms with van der Waals surface area (Å²) in [5.74, 6) is 2.08. The van der Waals surface area contributed by atoms with E-state index >= 15 is 0 Å². The lowest BCUT2D eigenvalue weighted by atomic mass is 9.78. The summed E-state index contributed by atoms with van der Waals surface area (Å²) in [6.45, 7) is 24.5. The lowest BCUT2D eigenvalue weighted by Gasteiger charge is -2.34. The fraction of sp³-hybridized carbons (Fsp3) is 0.588. The van der Waals surface area contributed by atoms with Gasteiger partial charge in [-0.05, 0) is 66.4 Å². The van der Waals surface area contributed by atoms with Gasteiger partial charge in [0.25, 0.3) is 5.91 Å². The topological polar surface area (TPSA) is 193 Å². The molecule has 17 heteroatoms. The molecule has 1 saturated heterocycles. The van der Waals surface area contributed by atoms with Crippen molar-refractivity contribution in [3.63, 3.8) is 0 Å². The summed E-state index contributed by atoms with van der Waals surface area (Å²) in [4.78, 5) is 35.0. The third kappa shape index (κ3) is 16.2. The van der Waals surface area contributed by atoms with Crippen molar-refractivity contribution in [2.75, 3.05) is 150 Å². The number of aromatic nitrogens is 4. The fourth-order valence-electron chi connectivity index (χ4n) is 7.68. The maximum atomic E-state index is 13.0. The Kier molecular flexibility index (Phi) is 20.4. The number of H-pyrrole nitrogens is 2. The van der Waals surface area contributed by atoms with E-state index in [4.69, 9.17) is 53.6 Å². The molecular formula is C51H76N8O9. The molecule has 1 aliphatic rings. The van der Waals surface area contributed by atoms with Crippen LogP contribution in [-0.2, 0) is 48.8 Å². The molecule has 3 heterocycles. The van der Waals surface area contributed by atoms with Gasteiger partial charge in [-0.15, -0.1) is 0 Å². The lowest BCUT2D eigenvalue weighted by Crippen LogP contribution is -2.44. The van der Waals surface area contributed by atoms with Crippen molar-refractivity contribution in [2.45, 2.75) is 52.4 Å². The average molecular weight is 946 g/mol. The lowest BCUT2D eigenvalue weighted by molar-refractivity contribution is -0.123. The van der Waals surface area contributed by atoms with Crippen LogP contribution in [0.2, 0.25) is 0 Å². The predicted molar refractivity (Wildman–Crippen MR) is 267 cm³/mol. The summed E-state index contributed by atoms with van der Waals surface area (Å²) in [7, 11) is 2.17. The maximum absolute atomic E-state index is 13.0. The number of nitrogens with one attached hydrogen (secondary N) is 3. The normalized spacial score (nSPS) is 13.9. The molecule has 0 radical (unpaired) electrons. The number of carbonyl (C=O) groups excluding carboxylic acids is 1. The summed E-state index contributed by atoms with van der Waals surface area (Å²) in [5, 5.41) is 2.92. The molecule has 6 rings (SSSR count). The van der Waals surface area contributed by atoms with E-state index in [-0.39, 0.29) is 23.3 Å². The van der Waals surface area contributed by atoms with Gasteiger partial charge in [0.2, 0.25) is 0 Å². The molecule has 0 bridgehead atoms. The number of imidazole rings is 2. The summed E-state index contributed by atoms with van der Waals surface area (Å²) < 4.78 is 44.8. The predicted octanol–water partition coefficient (Wildman–Crippen LogP) is 5.69. The van der Waals surface area contributed by atoms with Gasteiger partial charge in [0.05, 0.1) is 115 Å². The molecule has 0 spiro atoms. The van der Waals surface area contributed by atoms with Crippen molar-refractivity contribution in [1.82, 2.24) is 30.2 Å². The van der Waals surface area contributed by atoms with Crippen LogP contribution in [0.5, 0.6) is 5.75 Å². The third-order valence-electron chi connectivity index (χ3n) is 11.5. The van der Waals surface area contributed by atoms with Gasteiger partial charge in [0.1, 0.15) is 17.4 Å². The molecule has 374 valence electrons. The van der Waals surface area contributed by atoms with E-state index in [1.165, 1.54) is 5.69 Å². The number of carbonyl (C=O) groups is 1. The van der Waals surface area contributed by atoms with Gasteiger partial charge in [-0.1, -0.05) is 41.5 Å². The number of piperazine rings is 1. The maximum Gasteiger partial charge on any atom is 0.258 e. The van der Waals surface area contributed by atoms with E-state index < -0.39 is 0 Å². The number of aromatic amines is 2. The van der Waals surface area contributed by atoms with Crippen LogP contribution in [0.3, 0.4) is 0 Å². The van der Waals surface area contributed by atoms with Crippen LogP contribution in [0.25, 0.3) is 44.8 Å². The highest BCUT2D eigenvalue weighted by Gasteiger charge is 2.29. The van der Waals surface area contributed by atoms with Gasteiger partial charge in [-0.3, -0.25) is 4.79 Å². The standard InChI is InChI=1S/C51H76N8O9/c1-50(2,3)40-32-38(49-55-42-10-8-37(34-44(42)56-49)48-54-43-11-9-39(35-45(43)57-48)59-16-14-58(7)15-17-59)33-41(51(4,5)6)47(40)68-36-46(60)53-13-19-62-21-23-64-25-27-66-29-31-67-30-28-65-26-24-63-22-20-61-18-12-52/h8-11,32-35H,12-31,36,52H2,1-7H3,(H,53,60)(H,54,57)(H,55,56)/i7+1.